The van der Waals surface area contributed by atoms with Crippen LogP contribution in [0.3, 0.4) is 0 Å². The second-order valence-electron chi connectivity index (χ2n) is 6.88. The number of nitrogens with zero attached hydrogens (tertiary/aromatic N) is 1. The topological polar surface area (TPSA) is 75.4 Å². The molecule has 5 heteroatoms. The highest BCUT2D eigenvalue weighted by Gasteiger charge is 2.41. The van der Waals surface area contributed by atoms with Crippen molar-refractivity contribution in [2.45, 2.75) is 46.6 Å². The van der Waals surface area contributed by atoms with Crippen molar-refractivity contribution in [1.29, 1.82) is 0 Å². The molecule has 0 spiro atoms. The molecular formula is C14H27N3O2. The molecule has 2 amide bonds. The Morgan fingerprint density at radius 2 is 2.00 bits per heavy atom. The Hall–Kier alpha value is -1.10. The van der Waals surface area contributed by atoms with Crippen molar-refractivity contribution in [3.05, 3.63) is 0 Å². The van der Waals surface area contributed by atoms with Crippen LogP contribution in [0.5, 0.6) is 0 Å². The Morgan fingerprint density at radius 3 is 2.47 bits per heavy atom. The van der Waals surface area contributed by atoms with Gasteiger partial charge < -0.3 is 16.0 Å². The van der Waals surface area contributed by atoms with E-state index in [1.54, 1.807) is 11.9 Å². The molecule has 0 aromatic carbocycles. The summed E-state index contributed by atoms with van der Waals surface area (Å²) in [4.78, 5) is 25.8. The predicted octanol–water partition coefficient (Wildman–Crippen LogP) is 0.735. The Morgan fingerprint density at radius 1 is 1.42 bits per heavy atom. The lowest BCUT2D eigenvalue weighted by Crippen LogP contribution is -2.43. The Labute approximate surface area is 115 Å². The van der Waals surface area contributed by atoms with Crippen LogP contribution >= 0.6 is 0 Å². The van der Waals surface area contributed by atoms with Crippen LogP contribution in [0.1, 0.15) is 40.5 Å². The van der Waals surface area contributed by atoms with Crippen LogP contribution in [0.2, 0.25) is 0 Å². The van der Waals surface area contributed by atoms with Gasteiger partial charge in [-0.15, -0.1) is 0 Å². The van der Waals surface area contributed by atoms with E-state index in [9.17, 15) is 9.59 Å². The average Bonchev–Trinajstić information content (AvgIpc) is 2.71. The summed E-state index contributed by atoms with van der Waals surface area (Å²) >= 11 is 0. The minimum absolute atomic E-state index is 0.00270. The van der Waals surface area contributed by atoms with Crippen molar-refractivity contribution in [3.8, 4) is 0 Å². The molecule has 0 saturated carbocycles. The van der Waals surface area contributed by atoms with Gasteiger partial charge in [0.15, 0.2) is 0 Å². The second-order valence-corrected chi connectivity index (χ2v) is 6.88. The van der Waals surface area contributed by atoms with Gasteiger partial charge in [-0.2, -0.15) is 0 Å². The Bertz CT molecular complexity index is 362. The third kappa shape index (κ3) is 3.69. The number of nitrogens with one attached hydrogen (secondary N) is 1. The monoisotopic (exact) mass is 269 g/mol. The fourth-order valence-electron chi connectivity index (χ4n) is 2.28. The Balaban J connectivity index is 2.60. The third-order valence-corrected chi connectivity index (χ3v) is 4.11. The van der Waals surface area contributed by atoms with Gasteiger partial charge in [0, 0.05) is 32.6 Å². The van der Waals surface area contributed by atoms with E-state index in [2.05, 4.69) is 5.32 Å². The third-order valence-electron chi connectivity index (χ3n) is 4.11. The van der Waals surface area contributed by atoms with E-state index in [0.717, 1.165) is 0 Å². The summed E-state index contributed by atoms with van der Waals surface area (Å²) in [5.74, 6) is 0.0537. The average molecular weight is 269 g/mol. The molecule has 2 atom stereocenters. The molecule has 1 saturated heterocycles. The fraction of sp³-hybridized carbons (Fsp3) is 0.857. The summed E-state index contributed by atoms with van der Waals surface area (Å²) in [6.07, 6.45) is 1.05. The largest absolute Gasteiger partial charge is 0.359 e. The van der Waals surface area contributed by atoms with Gasteiger partial charge in [0.2, 0.25) is 11.8 Å². The number of carbonyl (C=O) groups excluding carboxylic acids is 2. The van der Waals surface area contributed by atoms with E-state index in [-0.39, 0.29) is 23.3 Å². The van der Waals surface area contributed by atoms with Crippen molar-refractivity contribution in [2.75, 3.05) is 20.1 Å². The first kappa shape index (κ1) is 16.0. The van der Waals surface area contributed by atoms with Gasteiger partial charge in [0.1, 0.15) is 0 Å². The van der Waals surface area contributed by atoms with Crippen LogP contribution in [-0.4, -0.2) is 42.9 Å². The van der Waals surface area contributed by atoms with E-state index < -0.39 is 5.41 Å². The van der Waals surface area contributed by atoms with Gasteiger partial charge in [-0.1, -0.05) is 20.8 Å². The number of hydrogen-bond donors (Lipinski definition) is 2. The van der Waals surface area contributed by atoms with Crippen LogP contribution in [-0.2, 0) is 9.59 Å². The highest BCUT2D eigenvalue weighted by Crippen LogP contribution is 2.31. The van der Waals surface area contributed by atoms with E-state index in [1.807, 2.05) is 27.7 Å². The van der Waals surface area contributed by atoms with Gasteiger partial charge in [0.05, 0.1) is 5.41 Å². The van der Waals surface area contributed by atoms with Gasteiger partial charge in [-0.3, -0.25) is 9.59 Å². The van der Waals surface area contributed by atoms with Gasteiger partial charge in [-0.25, -0.2) is 0 Å². The first-order valence-corrected chi connectivity index (χ1v) is 6.86. The zero-order chi connectivity index (χ0) is 14.8. The zero-order valence-corrected chi connectivity index (χ0v) is 12.7. The van der Waals surface area contributed by atoms with Crippen molar-refractivity contribution in [3.63, 3.8) is 0 Å². The number of amides is 2. The summed E-state index contributed by atoms with van der Waals surface area (Å²) in [6, 6.07) is -0.160. The quantitative estimate of drug-likeness (QED) is 0.793. The van der Waals surface area contributed by atoms with Gasteiger partial charge in [0.25, 0.3) is 0 Å². The molecule has 5 nitrogen and oxygen atoms in total. The molecule has 1 rings (SSSR count). The number of carbonyl (C=O) groups is 2. The van der Waals surface area contributed by atoms with Crippen LogP contribution in [0.15, 0.2) is 0 Å². The molecule has 3 N–H and O–H groups in total. The predicted molar refractivity (Wildman–Crippen MR) is 75.4 cm³/mol. The number of rotatable bonds is 3. The molecule has 1 heterocycles. The second kappa shape index (κ2) is 5.49. The molecule has 0 aliphatic carbocycles. The number of hydrogen-bond acceptors (Lipinski definition) is 3. The number of nitrogens with two attached hydrogens (primary N) is 1. The van der Waals surface area contributed by atoms with Crippen LogP contribution < -0.4 is 11.1 Å². The molecule has 1 aliphatic heterocycles. The van der Waals surface area contributed by atoms with Gasteiger partial charge >= 0.3 is 0 Å². The smallest absolute Gasteiger partial charge is 0.227 e. The summed E-state index contributed by atoms with van der Waals surface area (Å²) in [5.41, 5.74) is 5.50. The molecule has 0 aromatic rings. The maximum absolute atomic E-state index is 12.2. The van der Waals surface area contributed by atoms with Crippen molar-refractivity contribution < 1.29 is 9.59 Å². The summed E-state index contributed by atoms with van der Waals surface area (Å²) < 4.78 is 0. The molecule has 110 valence electrons. The minimum Gasteiger partial charge on any atom is -0.359 e. The maximum Gasteiger partial charge on any atom is 0.227 e. The number of likely N-dealkylation sites (tertiary alicyclic amines) is 1. The SMILES string of the molecule is CNC(=O)C1(C)CCN(C(=O)CC(N)C(C)(C)C)C1. The standard InChI is InChI=1S/C14H27N3O2/c1-13(2,3)10(15)8-11(18)17-7-6-14(4,9-17)12(19)16-5/h10H,6-9,15H2,1-5H3,(H,16,19). The van der Waals surface area contributed by atoms with E-state index in [1.165, 1.54) is 0 Å². The van der Waals surface area contributed by atoms with Crippen LogP contribution in [0.4, 0.5) is 0 Å². The lowest BCUT2D eigenvalue weighted by Gasteiger charge is -2.29. The molecule has 19 heavy (non-hydrogen) atoms. The molecule has 0 bridgehead atoms. The van der Waals surface area contributed by atoms with Crippen molar-refractivity contribution in [2.24, 2.45) is 16.6 Å². The summed E-state index contributed by atoms with van der Waals surface area (Å²) in [5, 5.41) is 2.67. The van der Waals surface area contributed by atoms with Crippen LogP contribution in [0, 0.1) is 10.8 Å². The summed E-state index contributed by atoms with van der Waals surface area (Å²) in [7, 11) is 1.63. The maximum atomic E-state index is 12.2. The lowest BCUT2D eigenvalue weighted by molar-refractivity contribution is -0.133. The first-order valence-electron chi connectivity index (χ1n) is 6.86. The van der Waals surface area contributed by atoms with E-state index in [4.69, 9.17) is 5.73 Å². The summed E-state index contributed by atoms with van der Waals surface area (Å²) in [6.45, 7) is 9.13. The normalized spacial score (nSPS) is 25.3. The van der Waals surface area contributed by atoms with Gasteiger partial charge in [-0.05, 0) is 18.8 Å². The molecule has 1 aliphatic rings. The van der Waals surface area contributed by atoms with E-state index >= 15 is 0 Å². The highest BCUT2D eigenvalue weighted by atomic mass is 16.2. The molecular weight excluding hydrogens is 242 g/mol. The minimum atomic E-state index is -0.462. The zero-order valence-electron chi connectivity index (χ0n) is 12.7. The molecule has 2 unspecified atom stereocenters. The lowest BCUT2D eigenvalue weighted by atomic mass is 9.85. The van der Waals surface area contributed by atoms with Crippen molar-refractivity contribution >= 4 is 11.8 Å². The van der Waals surface area contributed by atoms with E-state index in [0.29, 0.717) is 25.9 Å². The first-order chi connectivity index (χ1) is 8.60. The molecule has 0 aromatic heterocycles. The Kier molecular flexibility index (Phi) is 4.61. The highest BCUT2D eigenvalue weighted by molar-refractivity contribution is 5.85. The molecule has 1 fully saturated rings. The fourth-order valence-corrected chi connectivity index (χ4v) is 2.28. The van der Waals surface area contributed by atoms with Crippen molar-refractivity contribution in [1.82, 2.24) is 10.2 Å². The molecule has 0 radical (unpaired) electrons. The van der Waals surface area contributed by atoms with Crippen LogP contribution in [0.25, 0.3) is 0 Å².